The third kappa shape index (κ3) is 6.08. The van der Waals surface area contributed by atoms with E-state index in [9.17, 15) is 19.8 Å². The van der Waals surface area contributed by atoms with Gasteiger partial charge in [0.1, 0.15) is 0 Å². The van der Waals surface area contributed by atoms with Crippen molar-refractivity contribution in [3.8, 4) is 0 Å². The van der Waals surface area contributed by atoms with Crippen molar-refractivity contribution in [3.63, 3.8) is 0 Å². The Balaban J connectivity index is 3.89. The van der Waals surface area contributed by atoms with Crippen LogP contribution in [0.15, 0.2) is 0 Å². The van der Waals surface area contributed by atoms with Gasteiger partial charge in [-0.15, -0.1) is 0 Å². The van der Waals surface area contributed by atoms with Crippen molar-refractivity contribution in [3.05, 3.63) is 33.4 Å². The zero-order chi connectivity index (χ0) is 21.1. The fourth-order valence-electron chi connectivity index (χ4n) is 4.01. The maximum absolute atomic E-state index is 12.3. The van der Waals surface area contributed by atoms with Crippen molar-refractivity contribution in [1.29, 1.82) is 0 Å². The third-order valence-electron chi connectivity index (χ3n) is 5.48. The van der Waals surface area contributed by atoms with Gasteiger partial charge < -0.3 is 10.2 Å². The molecule has 0 unspecified atom stereocenters. The Labute approximate surface area is 170 Å². The minimum Gasteiger partial charge on any atom is -0.478 e. The molecule has 4 heteroatoms. The van der Waals surface area contributed by atoms with Crippen LogP contribution in [0.25, 0.3) is 0 Å². The molecule has 1 rings (SSSR count). The summed E-state index contributed by atoms with van der Waals surface area (Å²) in [6.45, 7) is 8.37. The Hall–Kier alpha value is -1.84. The molecule has 0 spiro atoms. The van der Waals surface area contributed by atoms with Crippen LogP contribution in [0.4, 0.5) is 0 Å². The molecule has 0 aromatic heterocycles. The van der Waals surface area contributed by atoms with E-state index in [-0.39, 0.29) is 11.1 Å². The Bertz CT molecular complexity index is 614. The molecular formula is C24H38O4. The lowest BCUT2D eigenvalue weighted by Crippen LogP contribution is -2.20. The minimum absolute atomic E-state index is 0.283. The van der Waals surface area contributed by atoms with E-state index in [0.29, 0.717) is 12.0 Å². The van der Waals surface area contributed by atoms with E-state index >= 15 is 0 Å². The summed E-state index contributed by atoms with van der Waals surface area (Å²) in [4.78, 5) is 24.6. The van der Waals surface area contributed by atoms with E-state index in [1.54, 1.807) is 0 Å². The lowest BCUT2D eigenvalue weighted by Gasteiger charge is -2.24. The molecule has 0 saturated heterocycles. The Morgan fingerprint density at radius 1 is 0.536 bits per heavy atom. The van der Waals surface area contributed by atoms with E-state index in [1.165, 1.54) is 0 Å². The predicted molar refractivity (Wildman–Crippen MR) is 115 cm³/mol. The van der Waals surface area contributed by atoms with Crippen LogP contribution in [0.5, 0.6) is 0 Å². The van der Waals surface area contributed by atoms with Crippen LogP contribution in [-0.4, -0.2) is 22.2 Å². The Kier molecular flexibility index (Phi) is 10.9. The van der Waals surface area contributed by atoms with Crippen molar-refractivity contribution < 1.29 is 19.8 Å². The van der Waals surface area contributed by atoms with Gasteiger partial charge in [-0.25, -0.2) is 9.59 Å². The first-order valence-corrected chi connectivity index (χ1v) is 11.1. The first kappa shape index (κ1) is 24.2. The van der Waals surface area contributed by atoms with Crippen molar-refractivity contribution >= 4 is 11.9 Å². The molecule has 4 nitrogen and oxygen atoms in total. The van der Waals surface area contributed by atoms with Crippen LogP contribution < -0.4 is 0 Å². The number of rotatable bonds is 14. The van der Waals surface area contributed by atoms with Crippen molar-refractivity contribution in [2.45, 2.75) is 105 Å². The molecule has 1 aromatic rings. The second kappa shape index (κ2) is 12.6. The molecule has 2 N–H and O–H groups in total. The van der Waals surface area contributed by atoms with Crippen LogP contribution in [0, 0.1) is 0 Å². The molecule has 0 saturated carbocycles. The van der Waals surface area contributed by atoms with Crippen LogP contribution >= 0.6 is 0 Å². The van der Waals surface area contributed by atoms with E-state index in [2.05, 4.69) is 20.8 Å². The zero-order valence-corrected chi connectivity index (χ0v) is 18.2. The normalized spacial score (nSPS) is 11.0. The smallest absolute Gasteiger partial charge is 0.336 e. The molecule has 0 aliphatic rings. The van der Waals surface area contributed by atoms with Gasteiger partial charge in [0.2, 0.25) is 0 Å². The SMILES string of the molecule is CCCCc1c(CCCC)c(C(=O)O)c(CCCC)c(C(=O)O)c1CCCC. The second-order valence-electron chi connectivity index (χ2n) is 7.69. The molecule has 0 aliphatic carbocycles. The summed E-state index contributed by atoms with van der Waals surface area (Å²) in [5.74, 6) is -1.95. The highest BCUT2D eigenvalue weighted by molar-refractivity contribution is 5.99. The highest BCUT2D eigenvalue weighted by Gasteiger charge is 2.29. The molecule has 0 bridgehead atoms. The van der Waals surface area contributed by atoms with Gasteiger partial charge in [-0.05, 0) is 73.6 Å². The van der Waals surface area contributed by atoms with Crippen LogP contribution in [0.3, 0.4) is 0 Å². The minimum atomic E-state index is -0.973. The molecule has 28 heavy (non-hydrogen) atoms. The van der Waals surface area contributed by atoms with Gasteiger partial charge >= 0.3 is 11.9 Å². The highest BCUT2D eigenvalue weighted by Crippen LogP contribution is 2.33. The average Bonchev–Trinajstić information content (AvgIpc) is 2.66. The van der Waals surface area contributed by atoms with E-state index in [4.69, 9.17) is 0 Å². The van der Waals surface area contributed by atoms with Gasteiger partial charge in [-0.1, -0.05) is 53.4 Å². The largest absolute Gasteiger partial charge is 0.478 e. The van der Waals surface area contributed by atoms with Gasteiger partial charge in [0.05, 0.1) is 11.1 Å². The predicted octanol–water partition coefficient (Wildman–Crippen LogP) is 6.45. The van der Waals surface area contributed by atoms with Crippen LogP contribution in [0.1, 0.15) is 122 Å². The van der Waals surface area contributed by atoms with Crippen LogP contribution in [-0.2, 0) is 25.7 Å². The van der Waals surface area contributed by atoms with Gasteiger partial charge in [-0.2, -0.15) is 0 Å². The summed E-state index contributed by atoms with van der Waals surface area (Å²) in [5.41, 5.74) is 3.95. The number of benzene rings is 1. The number of unbranched alkanes of at least 4 members (excludes halogenated alkanes) is 4. The fourth-order valence-corrected chi connectivity index (χ4v) is 4.01. The molecule has 0 atom stereocenters. The standard InChI is InChI=1S/C24H38O4/c1-5-9-13-17-18(14-10-6-2)21(23(25)26)20(16-12-8-4)22(24(27)28)19(17)15-11-7-3/h5-16H2,1-4H3,(H,25,26)(H,27,28). The number of hydrogen-bond acceptors (Lipinski definition) is 2. The number of carboxylic acids is 2. The monoisotopic (exact) mass is 390 g/mol. The van der Waals surface area contributed by atoms with Gasteiger partial charge in [0.25, 0.3) is 0 Å². The number of carbonyl (C=O) groups is 2. The maximum atomic E-state index is 12.3. The van der Waals surface area contributed by atoms with E-state index in [1.807, 2.05) is 6.92 Å². The summed E-state index contributed by atoms with van der Waals surface area (Å²) in [7, 11) is 0. The molecule has 0 amide bonds. The summed E-state index contributed by atoms with van der Waals surface area (Å²) < 4.78 is 0. The highest BCUT2D eigenvalue weighted by atomic mass is 16.4. The van der Waals surface area contributed by atoms with E-state index < -0.39 is 11.9 Å². The summed E-state index contributed by atoms with van der Waals surface area (Å²) in [5, 5.41) is 20.2. The first-order valence-electron chi connectivity index (χ1n) is 11.1. The second-order valence-corrected chi connectivity index (χ2v) is 7.69. The Morgan fingerprint density at radius 3 is 1.11 bits per heavy atom. The number of aromatic carboxylic acids is 2. The lowest BCUT2D eigenvalue weighted by atomic mass is 9.80. The van der Waals surface area contributed by atoms with Crippen molar-refractivity contribution in [1.82, 2.24) is 0 Å². The Morgan fingerprint density at radius 2 is 0.821 bits per heavy atom. The van der Waals surface area contributed by atoms with Gasteiger partial charge in [0, 0.05) is 0 Å². The number of hydrogen-bond donors (Lipinski definition) is 2. The van der Waals surface area contributed by atoms with Crippen molar-refractivity contribution in [2.24, 2.45) is 0 Å². The quantitative estimate of drug-likeness (QED) is 0.382. The van der Waals surface area contributed by atoms with Crippen molar-refractivity contribution in [2.75, 3.05) is 0 Å². The van der Waals surface area contributed by atoms with Crippen LogP contribution in [0.2, 0.25) is 0 Å². The molecular weight excluding hydrogens is 352 g/mol. The summed E-state index contributed by atoms with van der Waals surface area (Å²) >= 11 is 0. The van der Waals surface area contributed by atoms with Gasteiger partial charge in [0.15, 0.2) is 0 Å². The molecule has 0 heterocycles. The zero-order valence-electron chi connectivity index (χ0n) is 18.2. The molecule has 158 valence electrons. The fraction of sp³-hybridized carbons (Fsp3) is 0.667. The summed E-state index contributed by atoms with van der Waals surface area (Å²) in [6, 6.07) is 0. The molecule has 0 radical (unpaired) electrons. The number of carboxylic acid groups (broad SMARTS) is 2. The first-order chi connectivity index (χ1) is 13.4. The lowest BCUT2D eigenvalue weighted by molar-refractivity contribution is 0.0693. The average molecular weight is 391 g/mol. The molecule has 0 fully saturated rings. The molecule has 1 aromatic carbocycles. The summed E-state index contributed by atoms with van der Waals surface area (Å²) in [6.07, 6.45) is 10.2. The van der Waals surface area contributed by atoms with E-state index in [0.717, 1.165) is 87.3 Å². The third-order valence-corrected chi connectivity index (χ3v) is 5.48. The van der Waals surface area contributed by atoms with Gasteiger partial charge in [-0.3, -0.25) is 0 Å². The topological polar surface area (TPSA) is 74.6 Å². The maximum Gasteiger partial charge on any atom is 0.336 e. The molecule has 0 aliphatic heterocycles.